The summed E-state index contributed by atoms with van der Waals surface area (Å²) >= 11 is 0. The average molecular weight is 276 g/mol. The van der Waals surface area contributed by atoms with Gasteiger partial charge in [0.2, 0.25) is 0 Å². The SMILES string of the molecule is CC(=O)c1cccc(NC(=O)N2CC(C)OCC2C)c1. The lowest BCUT2D eigenvalue weighted by molar-refractivity contribution is -0.0296. The van der Waals surface area contributed by atoms with Gasteiger partial charge < -0.3 is 15.0 Å². The quantitative estimate of drug-likeness (QED) is 0.844. The number of ketones is 1. The summed E-state index contributed by atoms with van der Waals surface area (Å²) in [6.45, 7) is 6.52. The van der Waals surface area contributed by atoms with Crippen molar-refractivity contribution in [3.05, 3.63) is 29.8 Å². The van der Waals surface area contributed by atoms with Gasteiger partial charge >= 0.3 is 6.03 Å². The van der Waals surface area contributed by atoms with Crippen LogP contribution in [0.15, 0.2) is 24.3 Å². The Morgan fingerprint density at radius 2 is 2.10 bits per heavy atom. The molecule has 5 nitrogen and oxygen atoms in total. The number of nitrogens with zero attached hydrogens (tertiary/aromatic N) is 1. The summed E-state index contributed by atoms with van der Waals surface area (Å²) in [5.41, 5.74) is 1.22. The first kappa shape index (κ1) is 14.5. The predicted molar refractivity (Wildman–Crippen MR) is 77.0 cm³/mol. The Hall–Kier alpha value is -1.88. The fraction of sp³-hybridized carbons (Fsp3) is 0.467. The Kier molecular flexibility index (Phi) is 4.39. The van der Waals surface area contributed by atoms with E-state index in [4.69, 9.17) is 4.74 Å². The number of benzene rings is 1. The minimum absolute atomic E-state index is 0.0190. The van der Waals surface area contributed by atoms with Crippen LogP contribution in [0.25, 0.3) is 0 Å². The summed E-state index contributed by atoms with van der Waals surface area (Å²) in [4.78, 5) is 25.4. The Bertz CT molecular complexity index is 516. The fourth-order valence-corrected chi connectivity index (χ4v) is 2.20. The zero-order valence-corrected chi connectivity index (χ0v) is 12.1. The van der Waals surface area contributed by atoms with Gasteiger partial charge in [-0.3, -0.25) is 4.79 Å². The summed E-state index contributed by atoms with van der Waals surface area (Å²) in [6, 6.07) is 6.85. The van der Waals surface area contributed by atoms with Gasteiger partial charge in [-0.05, 0) is 32.9 Å². The summed E-state index contributed by atoms with van der Waals surface area (Å²) in [6.07, 6.45) is 0.0421. The smallest absolute Gasteiger partial charge is 0.322 e. The van der Waals surface area contributed by atoms with E-state index >= 15 is 0 Å². The molecule has 1 aliphatic rings. The van der Waals surface area contributed by atoms with Crippen LogP contribution in [0.5, 0.6) is 0 Å². The molecule has 2 amide bonds. The van der Waals surface area contributed by atoms with Gasteiger partial charge in [-0.1, -0.05) is 12.1 Å². The summed E-state index contributed by atoms with van der Waals surface area (Å²) < 4.78 is 5.50. The van der Waals surface area contributed by atoms with Crippen LogP contribution in [-0.2, 0) is 4.74 Å². The molecule has 1 saturated heterocycles. The highest BCUT2D eigenvalue weighted by atomic mass is 16.5. The normalized spacial score (nSPS) is 22.4. The summed E-state index contributed by atoms with van der Waals surface area (Å²) in [5, 5.41) is 2.84. The molecule has 1 aromatic carbocycles. The number of hydrogen-bond acceptors (Lipinski definition) is 3. The Labute approximate surface area is 118 Å². The third-order valence-electron chi connectivity index (χ3n) is 3.39. The number of ether oxygens (including phenoxy) is 1. The lowest BCUT2D eigenvalue weighted by Gasteiger charge is -2.36. The van der Waals surface area contributed by atoms with Crippen LogP contribution in [-0.4, -0.2) is 42.0 Å². The van der Waals surface area contributed by atoms with Gasteiger partial charge in [-0.2, -0.15) is 0 Å². The number of rotatable bonds is 2. The van der Waals surface area contributed by atoms with Crippen LogP contribution in [0, 0.1) is 0 Å². The minimum Gasteiger partial charge on any atom is -0.375 e. The number of anilines is 1. The van der Waals surface area contributed by atoms with Crippen molar-refractivity contribution < 1.29 is 14.3 Å². The monoisotopic (exact) mass is 276 g/mol. The lowest BCUT2D eigenvalue weighted by Crippen LogP contribution is -2.51. The van der Waals surface area contributed by atoms with Crippen LogP contribution in [0.4, 0.5) is 10.5 Å². The van der Waals surface area contributed by atoms with Gasteiger partial charge in [0.25, 0.3) is 0 Å². The largest absolute Gasteiger partial charge is 0.375 e. The number of hydrogen-bond donors (Lipinski definition) is 1. The second kappa shape index (κ2) is 6.05. The van der Waals surface area contributed by atoms with Crippen LogP contribution in [0.3, 0.4) is 0 Å². The third-order valence-corrected chi connectivity index (χ3v) is 3.39. The van der Waals surface area contributed by atoms with Gasteiger partial charge in [0, 0.05) is 17.8 Å². The van der Waals surface area contributed by atoms with Gasteiger partial charge in [-0.15, -0.1) is 0 Å². The molecule has 2 unspecified atom stereocenters. The third kappa shape index (κ3) is 3.36. The average Bonchev–Trinajstić information content (AvgIpc) is 2.41. The highest BCUT2D eigenvalue weighted by Crippen LogP contribution is 2.16. The molecule has 2 rings (SSSR count). The van der Waals surface area contributed by atoms with E-state index < -0.39 is 0 Å². The molecular weight excluding hydrogens is 256 g/mol. The second-order valence-electron chi connectivity index (χ2n) is 5.21. The Morgan fingerprint density at radius 3 is 2.80 bits per heavy atom. The molecule has 0 aliphatic carbocycles. The van der Waals surface area contributed by atoms with Crippen molar-refractivity contribution in [3.8, 4) is 0 Å². The first-order chi connectivity index (χ1) is 9.47. The summed E-state index contributed by atoms with van der Waals surface area (Å²) in [7, 11) is 0. The molecule has 1 fully saturated rings. The van der Waals surface area contributed by atoms with Crippen molar-refractivity contribution in [2.75, 3.05) is 18.5 Å². The molecule has 1 N–H and O–H groups in total. The van der Waals surface area contributed by atoms with Crippen molar-refractivity contribution in [2.45, 2.75) is 32.9 Å². The molecular formula is C15H20N2O3. The van der Waals surface area contributed by atoms with Gasteiger partial charge in [-0.25, -0.2) is 4.79 Å². The number of morpholine rings is 1. The number of carbonyl (C=O) groups excluding carboxylic acids is 2. The van der Waals surface area contributed by atoms with E-state index in [9.17, 15) is 9.59 Å². The first-order valence-corrected chi connectivity index (χ1v) is 6.77. The van der Waals surface area contributed by atoms with Gasteiger partial charge in [0.15, 0.2) is 5.78 Å². The zero-order valence-electron chi connectivity index (χ0n) is 12.1. The maximum atomic E-state index is 12.3. The van der Waals surface area contributed by atoms with E-state index in [-0.39, 0.29) is 24.0 Å². The molecule has 20 heavy (non-hydrogen) atoms. The van der Waals surface area contributed by atoms with Crippen molar-refractivity contribution in [1.29, 1.82) is 0 Å². The number of Topliss-reactive ketones (excluding diaryl/α,β-unsaturated/α-hetero) is 1. The molecule has 0 bridgehead atoms. The van der Waals surface area contributed by atoms with Crippen LogP contribution in [0.2, 0.25) is 0 Å². The van der Waals surface area contributed by atoms with E-state index in [0.29, 0.717) is 24.4 Å². The number of carbonyl (C=O) groups is 2. The molecule has 0 radical (unpaired) electrons. The Morgan fingerprint density at radius 1 is 1.35 bits per heavy atom. The molecule has 2 atom stereocenters. The van der Waals surface area contributed by atoms with E-state index in [1.54, 1.807) is 29.2 Å². The standard InChI is InChI=1S/C15H20N2O3/c1-10-9-20-11(2)8-17(10)15(19)16-14-6-4-5-13(7-14)12(3)18/h4-7,10-11H,8-9H2,1-3H3,(H,16,19). The minimum atomic E-state index is -0.159. The molecule has 0 spiro atoms. The van der Waals surface area contributed by atoms with Crippen LogP contribution >= 0.6 is 0 Å². The topological polar surface area (TPSA) is 58.6 Å². The van der Waals surface area contributed by atoms with Crippen LogP contribution < -0.4 is 5.32 Å². The number of urea groups is 1. The molecule has 1 heterocycles. The van der Waals surface area contributed by atoms with Crippen molar-refractivity contribution >= 4 is 17.5 Å². The van der Waals surface area contributed by atoms with Crippen molar-refractivity contribution in [1.82, 2.24) is 4.90 Å². The highest BCUT2D eigenvalue weighted by molar-refractivity contribution is 5.96. The van der Waals surface area contributed by atoms with E-state index in [1.807, 2.05) is 13.8 Å². The highest BCUT2D eigenvalue weighted by Gasteiger charge is 2.27. The fourth-order valence-electron chi connectivity index (χ4n) is 2.20. The zero-order chi connectivity index (χ0) is 14.7. The maximum Gasteiger partial charge on any atom is 0.322 e. The molecule has 1 aliphatic heterocycles. The maximum absolute atomic E-state index is 12.3. The first-order valence-electron chi connectivity index (χ1n) is 6.77. The molecule has 0 saturated carbocycles. The number of amides is 2. The van der Waals surface area contributed by atoms with E-state index in [2.05, 4.69) is 5.32 Å². The van der Waals surface area contributed by atoms with Gasteiger partial charge in [0.05, 0.1) is 18.8 Å². The summed E-state index contributed by atoms with van der Waals surface area (Å²) in [5.74, 6) is -0.0190. The predicted octanol–water partition coefficient (Wildman–Crippen LogP) is 2.53. The lowest BCUT2D eigenvalue weighted by atomic mass is 10.1. The molecule has 5 heteroatoms. The van der Waals surface area contributed by atoms with Gasteiger partial charge in [0.1, 0.15) is 0 Å². The molecule has 108 valence electrons. The van der Waals surface area contributed by atoms with Crippen molar-refractivity contribution in [2.24, 2.45) is 0 Å². The van der Waals surface area contributed by atoms with E-state index in [1.165, 1.54) is 6.92 Å². The van der Waals surface area contributed by atoms with Crippen LogP contribution in [0.1, 0.15) is 31.1 Å². The van der Waals surface area contributed by atoms with Crippen molar-refractivity contribution in [3.63, 3.8) is 0 Å². The second-order valence-corrected chi connectivity index (χ2v) is 5.21. The molecule has 0 aromatic heterocycles. The molecule has 1 aromatic rings. The number of nitrogens with one attached hydrogen (secondary N) is 1. The van der Waals surface area contributed by atoms with E-state index in [0.717, 1.165) is 0 Å². The Balaban J connectivity index is 2.07.